The van der Waals surface area contributed by atoms with E-state index in [1.807, 2.05) is 20.8 Å². The average Bonchev–Trinajstić information content (AvgIpc) is 2.58. The minimum absolute atomic E-state index is 0.505. The van der Waals surface area contributed by atoms with Crippen molar-refractivity contribution in [2.24, 2.45) is 15.1 Å². The molecule has 0 amide bonds. The molecule has 4 heteroatoms. The van der Waals surface area contributed by atoms with Gasteiger partial charge >= 0.3 is 0 Å². The fraction of sp³-hybridized carbons (Fsp3) is 0.375. The summed E-state index contributed by atoms with van der Waals surface area (Å²) >= 11 is 0. The summed E-state index contributed by atoms with van der Waals surface area (Å²) in [6, 6.07) is 8.53. The Balaban J connectivity index is 2.22. The normalized spacial score (nSPS) is 13.1. The second-order valence-electron chi connectivity index (χ2n) is 7.59. The molecule has 0 saturated heterocycles. The van der Waals surface area contributed by atoms with Gasteiger partial charge in [0.15, 0.2) is 0 Å². The van der Waals surface area contributed by atoms with Crippen LogP contribution in [-0.4, -0.2) is 17.3 Å². The maximum Gasteiger partial charge on any atom is 0.222 e. The van der Waals surface area contributed by atoms with Crippen molar-refractivity contribution >= 4 is 28.7 Å². The van der Waals surface area contributed by atoms with E-state index >= 15 is 0 Å². The molecular formula is C24H31N3O. The molecule has 2 aromatic rings. The maximum atomic E-state index is 5.54. The highest BCUT2D eigenvalue weighted by molar-refractivity contribution is 6.41. The Hall–Kier alpha value is -2.75. The molecule has 2 rings (SSSR count). The van der Waals surface area contributed by atoms with E-state index in [1.165, 1.54) is 11.1 Å². The minimum atomic E-state index is 0.505. The monoisotopic (exact) mass is 377 g/mol. The third kappa shape index (κ3) is 5.38. The summed E-state index contributed by atoms with van der Waals surface area (Å²) in [5.41, 5.74) is 10.5. The number of hydrogen-bond acceptors (Lipinski definition) is 4. The summed E-state index contributed by atoms with van der Waals surface area (Å²) < 4.78 is 0. The molecule has 0 bridgehead atoms. The van der Waals surface area contributed by atoms with Crippen LogP contribution in [0.2, 0.25) is 0 Å². The van der Waals surface area contributed by atoms with Crippen LogP contribution in [0.5, 0.6) is 0 Å². The van der Waals surface area contributed by atoms with Gasteiger partial charge in [-0.1, -0.05) is 40.5 Å². The molecule has 0 spiro atoms. The molecule has 0 atom stereocenters. The molecule has 0 heterocycles. The number of rotatable bonds is 4. The second-order valence-corrected chi connectivity index (χ2v) is 7.59. The van der Waals surface area contributed by atoms with Crippen LogP contribution in [0, 0.1) is 41.5 Å². The van der Waals surface area contributed by atoms with Gasteiger partial charge in [-0.15, -0.1) is 0 Å². The summed E-state index contributed by atoms with van der Waals surface area (Å²) in [4.78, 5) is 14.9. The van der Waals surface area contributed by atoms with E-state index in [2.05, 4.69) is 76.0 Å². The Kier molecular flexibility index (Phi) is 6.90. The molecular weight excluding hydrogens is 346 g/mol. The van der Waals surface area contributed by atoms with Crippen molar-refractivity contribution in [3.63, 3.8) is 0 Å². The molecule has 2 aromatic carbocycles. The number of aryl methyl sites for hydroxylation is 6. The first-order valence-corrected chi connectivity index (χ1v) is 9.56. The van der Waals surface area contributed by atoms with E-state index in [0.717, 1.165) is 45.1 Å². The van der Waals surface area contributed by atoms with Gasteiger partial charge in [0.05, 0.1) is 22.8 Å². The third-order valence-electron chi connectivity index (χ3n) is 4.66. The number of hydrogen-bond donors (Lipinski definition) is 0. The smallest absolute Gasteiger partial charge is 0.222 e. The standard InChI is InChI=1S/C24H31N3O/c1-14-10-16(3)23(17(4)11-14)25-20(7)21(8)27-28-22(9)26-24-18(5)12-15(2)13-19(24)6/h10-13H,1-9H3/b25-20+,26-22+,27-21+. The molecule has 0 aliphatic carbocycles. The van der Waals surface area contributed by atoms with Gasteiger partial charge in [0, 0.05) is 6.92 Å². The zero-order valence-electron chi connectivity index (χ0n) is 18.6. The van der Waals surface area contributed by atoms with Crippen molar-refractivity contribution in [3.8, 4) is 0 Å². The third-order valence-corrected chi connectivity index (χ3v) is 4.66. The lowest BCUT2D eigenvalue weighted by Crippen LogP contribution is -2.08. The molecule has 4 nitrogen and oxygen atoms in total. The predicted octanol–water partition coefficient (Wildman–Crippen LogP) is 6.77. The summed E-state index contributed by atoms with van der Waals surface area (Å²) in [7, 11) is 0. The minimum Gasteiger partial charge on any atom is -0.341 e. The van der Waals surface area contributed by atoms with Gasteiger partial charge in [0.25, 0.3) is 0 Å². The SMILES string of the molecule is C/C(=N\c1c(C)cc(C)cc1C)O/N=C(C)/C(C)=N/c1c(C)cc(C)cc1C. The van der Waals surface area contributed by atoms with E-state index in [0.29, 0.717) is 5.90 Å². The molecule has 148 valence electrons. The van der Waals surface area contributed by atoms with E-state index in [4.69, 9.17) is 9.83 Å². The molecule has 0 N–H and O–H groups in total. The van der Waals surface area contributed by atoms with Crippen LogP contribution in [0.1, 0.15) is 54.2 Å². The highest BCUT2D eigenvalue weighted by Gasteiger charge is 2.07. The maximum absolute atomic E-state index is 5.54. The zero-order chi connectivity index (χ0) is 21.0. The largest absolute Gasteiger partial charge is 0.341 e. The van der Waals surface area contributed by atoms with Crippen LogP contribution < -0.4 is 0 Å². The quantitative estimate of drug-likeness (QED) is 0.329. The molecule has 28 heavy (non-hydrogen) atoms. The van der Waals surface area contributed by atoms with Crippen molar-refractivity contribution in [1.29, 1.82) is 0 Å². The number of benzene rings is 2. The van der Waals surface area contributed by atoms with Crippen LogP contribution >= 0.6 is 0 Å². The lowest BCUT2D eigenvalue weighted by molar-refractivity contribution is 0.326. The van der Waals surface area contributed by atoms with Crippen molar-refractivity contribution in [2.45, 2.75) is 62.3 Å². The first-order valence-electron chi connectivity index (χ1n) is 9.56. The predicted molar refractivity (Wildman–Crippen MR) is 121 cm³/mol. The first-order chi connectivity index (χ1) is 13.1. The average molecular weight is 378 g/mol. The van der Waals surface area contributed by atoms with Crippen LogP contribution in [0.15, 0.2) is 39.4 Å². The fourth-order valence-corrected chi connectivity index (χ4v) is 3.32. The van der Waals surface area contributed by atoms with Gasteiger partial charge in [-0.25, -0.2) is 4.99 Å². The van der Waals surface area contributed by atoms with Gasteiger partial charge < -0.3 is 4.84 Å². The summed E-state index contributed by atoms with van der Waals surface area (Å²) in [5.74, 6) is 0.505. The molecule has 0 aliphatic rings. The molecule has 0 unspecified atom stereocenters. The summed E-state index contributed by atoms with van der Waals surface area (Å²) in [5, 5.41) is 4.23. The molecule has 0 saturated carbocycles. The van der Waals surface area contributed by atoms with Crippen LogP contribution in [0.25, 0.3) is 0 Å². The Bertz CT molecular complexity index is 935. The van der Waals surface area contributed by atoms with Gasteiger partial charge in [-0.3, -0.25) is 4.99 Å². The first kappa shape index (κ1) is 21.5. The Labute approximate surface area is 169 Å². The Morgan fingerprint density at radius 1 is 0.607 bits per heavy atom. The van der Waals surface area contributed by atoms with Gasteiger partial charge in [-0.2, -0.15) is 0 Å². The highest BCUT2D eigenvalue weighted by Crippen LogP contribution is 2.26. The number of nitrogens with zero attached hydrogens (tertiary/aromatic N) is 3. The topological polar surface area (TPSA) is 46.3 Å². The van der Waals surface area contributed by atoms with Gasteiger partial charge in [0.1, 0.15) is 0 Å². The van der Waals surface area contributed by atoms with Crippen molar-refractivity contribution < 1.29 is 4.84 Å². The molecule has 0 radical (unpaired) electrons. The fourth-order valence-electron chi connectivity index (χ4n) is 3.32. The Morgan fingerprint density at radius 2 is 1.00 bits per heavy atom. The highest BCUT2D eigenvalue weighted by atomic mass is 16.6. The van der Waals surface area contributed by atoms with E-state index < -0.39 is 0 Å². The van der Waals surface area contributed by atoms with Crippen LogP contribution in [0.4, 0.5) is 11.4 Å². The van der Waals surface area contributed by atoms with Crippen LogP contribution in [0.3, 0.4) is 0 Å². The van der Waals surface area contributed by atoms with Gasteiger partial charge in [0.2, 0.25) is 5.90 Å². The van der Waals surface area contributed by atoms with Crippen molar-refractivity contribution in [1.82, 2.24) is 0 Å². The number of oxime groups is 1. The lowest BCUT2D eigenvalue weighted by atomic mass is 10.1. The molecule has 0 aromatic heterocycles. The number of aliphatic imine (C=N–C) groups is 2. The Morgan fingerprint density at radius 3 is 1.43 bits per heavy atom. The van der Waals surface area contributed by atoms with E-state index in [-0.39, 0.29) is 0 Å². The summed E-state index contributed by atoms with van der Waals surface area (Å²) in [6.07, 6.45) is 0. The van der Waals surface area contributed by atoms with Gasteiger partial charge in [-0.05, 0) is 77.6 Å². The van der Waals surface area contributed by atoms with Crippen LogP contribution in [-0.2, 0) is 4.84 Å². The second kappa shape index (κ2) is 8.96. The van der Waals surface area contributed by atoms with Crippen molar-refractivity contribution in [3.05, 3.63) is 57.6 Å². The lowest BCUT2D eigenvalue weighted by Gasteiger charge is -2.09. The van der Waals surface area contributed by atoms with Crippen molar-refractivity contribution in [2.75, 3.05) is 0 Å². The summed E-state index contributed by atoms with van der Waals surface area (Å²) in [6.45, 7) is 18.1. The van der Waals surface area contributed by atoms with E-state index in [1.54, 1.807) is 0 Å². The van der Waals surface area contributed by atoms with E-state index in [9.17, 15) is 0 Å². The molecule has 0 aliphatic heterocycles. The molecule has 0 fully saturated rings. The zero-order valence-corrected chi connectivity index (χ0v) is 18.6.